The van der Waals surface area contributed by atoms with Crippen LogP contribution in [0.3, 0.4) is 0 Å². The van der Waals surface area contributed by atoms with Gasteiger partial charge in [-0.2, -0.15) is 0 Å². The summed E-state index contributed by atoms with van der Waals surface area (Å²) in [5, 5.41) is 1.88. The van der Waals surface area contributed by atoms with E-state index in [2.05, 4.69) is 4.90 Å². The van der Waals surface area contributed by atoms with E-state index in [1.807, 2.05) is 38.8 Å². The van der Waals surface area contributed by atoms with Gasteiger partial charge in [0, 0.05) is 36.5 Å². The topological polar surface area (TPSA) is 66.9 Å². The SMILES string of the molecule is Cc1oc2cc3oc(=O)c(CC(=O)N(C)C[C@@H]4CCCN5CCCC[C@H]45)c(C)c3cc2c1C. The summed E-state index contributed by atoms with van der Waals surface area (Å²) < 4.78 is 11.4. The lowest BCUT2D eigenvalue weighted by Crippen LogP contribution is -2.51. The summed E-state index contributed by atoms with van der Waals surface area (Å²) in [7, 11) is 1.88. The van der Waals surface area contributed by atoms with E-state index in [0.717, 1.165) is 34.2 Å². The van der Waals surface area contributed by atoms with Crippen LogP contribution in [0.5, 0.6) is 0 Å². The number of rotatable bonds is 4. The second-order valence-electron chi connectivity index (χ2n) is 10.1. The Morgan fingerprint density at radius 3 is 2.55 bits per heavy atom. The molecule has 0 radical (unpaired) electrons. The third-order valence-electron chi connectivity index (χ3n) is 8.07. The molecule has 6 nitrogen and oxygen atoms in total. The first-order valence-corrected chi connectivity index (χ1v) is 12.3. The van der Waals surface area contributed by atoms with Crippen molar-refractivity contribution in [2.24, 2.45) is 5.92 Å². The van der Waals surface area contributed by atoms with Gasteiger partial charge in [-0.15, -0.1) is 0 Å². The molecule has 2 saturated heterocycles. The second kappa shape index (κ2) is 8.64. The van der Waals surface area contributed by atoms with Gasteiger partial charge >= 0.3 is 5.63 Å². The van der Waals surface area contributed by atoms with Crippen LogP contribution in [-0.4, -0.2) is 48.4 Å². The summed E-state index contributed by atoms with van der Waals surface area (Å²) in [5.41, 5.74) is 3.14. The van der Waals surface area contributed by atoms with Gasteiger partial charge in [0.2, 0.25) is 5.91 Å². The molecule has 2 fully saturated rings. The Balaban J connectivity index is 1.38. The van der Waals surface area contributed by atoms with Gasteiger partial charge in [0.1, 0.15) is 16.9 Å². The van der Waals surface area contributed by atoms with Crippen molar-refractivity contribution in [2.45, 2.75) is 65.3 Å². The molecule has 2 aromatic heterocycles. The molecule has 1 aromatic carbocycles. The zero-order valence-corrected chi connectivity index (χ0v) is 20.2. The first-order chi connectivity index (χ1) is 15.8. The Labute approximate surface area is 194 Å². The molecule has 6 heteroatoms. The summed E-state index contributed by atoms with van der Waals surface area (Å²) in [6, 6.07) is 4.40. The van der Waals surface area contributed by atoms with Crippen molar-refractivity contribution < 1.29 is 13.6 Å². The van der Waals surface area contributed by atoms with Crippen LogP contribution in [0.15, 0.2) is 25.8 Å². The minimum absolute atomic E-state index is 0.0194. The number of benzene rings is 1. The lowest BCUT2D eigenvalue weighted by atomic mass is 9.83. The van der Waals surface area contributed by atoms with Crippen molar-refractivity contribution in [3.8, 4) is 0 Å². The highest BCUT2D eigenvalue weighted by Crippen LogP contribution is 2.32. The highest BCUT2D eigenvalue weighted by atomic mass is 16.4. The molecule has 0 spiro atoms. The zero-order chi connectivity index (χ0) is 23.3. The number of piperidine rings is 2. The van der Waals surface area contributed by atoms with E-state index in [9.17, 15) is 9.59 Å². The Hall–Kier alpha value is -2.60. The highest BCUT2D eigenvalue weighted by Gasteiger charge is 2.34. The molecule has 4 heterocycles. The van der Waals surface area contributed by atoms with Crippen molar-refractivity contribution in [1.29, 1.82) is 0 Å². The number of aryl methyl sites for hydroxylation is 3. The number of fused-ring (bicyclic) bond motifs is 3. The van der Waals surface area contributed by atoms with Gasteiger partial charge in [-0.25, -0.2) is 4.79 Å². The van der Waals surface area contributed by atoms with E-state index >= 15 is 0 Å². The van der Waals surface area contributed by atoms with E-state index < -0.39 is 5.63 Å². The van der Waals surface area contributed by atoms with Gasteiger partial charge in [0.25, 0.3) is 0 Å². The number of likely N-dealkylation sites (N-methyl/N-ethyl adjacent to an activating group) is 1. The Morgan fingerprint density at radius 1 is 1.00 bits per heavy atom. The standard InChI is InChI=1S/C27H34N2O4/c1-16-18(3)32-24-14-25-21(12-20(16)24)17(2)22(27(31)33-25)13-26(30)28(4)15-19-8-7-11-29-10-6-5-9-23(19)29/h12,14,19,23H,5-11,13,15H2,1-4H3/t19-,23+/m0/s1. The van der Waals surface area contributed by atoms with Crippen LogP contribution < -0.4 is 5.63 Å². The fourth-order valence-electron chi connectivity index (χ4n) is 5.96. The van der Waals surface area contributed by atoms with E-state index in [4.69, 9.17) is 8.83 Å². The normalized spacial score (nSPS) is 21.5. The molecule has 176 valence electrons. The number of furan rings is 1. The largest absolute Gasteiger partial charge is 0.461 e. The molecule has 0 N–H and O–H groups in total. The van der Waals surface area contributed by atoms with Gasteiger partial charge in [-0.3, -0.25) is 4.79 Å². The molecule has 2 aliphatic heterocycles. The quantitative estimate of drug-likeness (QED) is 0.538. The highest BCUT2D eigenvalue weighted by molar-refractivity contribution is 5.97. The summed E-state index contributed by atoms with van der Waals surface area (Å²) >= 11 is 0. The van der Waals surface area contributed by atoms with E-state index in [-0.39, 0.29) is 12.3 Å². The first kappa shape index (κ1) is 22.2. The molecule has 0 bridgehead atoms. The van der Waals surface area contributed by atoms with Crippen LogP contribution in [0.4, 0.5) is 0 Å². The monoisotopic (exact) mass is 450 g/mol. The van der Waals surface area contributed by atoms with Crippen LogP contribution >= 0.6 is 0 Å². The minimum atomic E-state index is -0.433. The molecule has 3 aromatic rings. The number of nitrogens with zero attached hydrogens (tertiary/aromatic N) is 2. The lowest BCUT2D eigenvalue weighted by molar-refractivity contribution is -0.130. The number of hydrogen-bond donors (Lipinski definition) is 0. The van der Waals surface area contributed by atoms with Crippen molar-refractivity contribution in [3.63, 3.8) is 0 Å². The van der Waals surface area contributed by atoms with E-state index in [0.29, 0.717) is 28.7 Å². The van der Waals surface area contributed by atoms with Gasteiger partial charge in [0.05, 0.1) is 12.0 Å². The van der Waals surface area contributed by atoms with Crippen LogP contribution in [-0.2, 0) is 11.2 Å². The lowest BCUT2D eigenvalue weighted by Gasteiger charge is -2.45. The number of carbonyl (C=O) groups excluding carboxylic acids is 1. The average molecular weight is 451 g/mol. The van der Waals surface area contributed by atoms with Crippen molar-refractivity contribution in [3.05, 3.63) is 45.0 Å². The van der Waals surface area contributed by atoms with Crippen molar-refractivity contribution in [1.82, 2.24) is 9.80 Å². The van der Waals surface area contributed by atoms with Crippen LogP contribution in [0.25, 0.3) is 21.9 Å². The van der Waals surface area contributed by atoms with Gasteiger partial charge in [-0.1, -0.05) is 6.42 Å². The predicted molar refractivity (Wildman–Crippen MR) is 130 cm³/mol. The Kier molecular flexibility index (Phi) is 5.81. The van der Waals surface area contributed by atoms with E-state index in [1.165, 1.54) is 45.2 Å². The Morgan fingerprint density at radius 2 is 1.73 bits per heavy atom. The number of carbonyl (C=O) groups is 1. The predicted octanol–water partition coefficient (Wildman–Crippen LogP) is 4.73. The third-order valence-corrected chi connectivity index (χ3v) is 8.07. The van der Waals surface area contributed by atoms with Crippen LogP contribution in [0, 0.1) is 26.7 Å². The first-order valence-electron chi connectivity index (χ1n) is 12.3. The summed E-state index contributed by atoms with van der Waals surface area (Å²) in [5.74, 6) is 1.35. The maximum absolute atomic E-state index is 13.2. The zero-order valence-electron chi connectivity index (χ0n) is 20.2. The molecule has 1 amide bonds. The smallest absolute Gasteiger partial charge is 0.340 e. The van der Waals surface area contributed by atoms with Gasteiger partial charge in [0.15, 0.2) is 0 Å². The maximum Gasteiger partial charge on any atom is 0.340 e. The summed E-state index contributed by atoms with van der Waals surface area (Å²) in [4.78, 5) is 30.5. The van der Waals surface area contributed by atoms with E-state index in [1.54, 1.807) is 6.07 Å². The van der Waals surface area contributed by atoms with Gasteiger partial charge < -0.3 is 18.6 Å². The van der Waals surface area contributed by atoms with Crippen molar-refractivity contribution >= 4 is 27.8 Å². The number of amides is 1. The Bertz CT molecular complexity index is 1270. The molecule has 2 aliphatic rings. The number of hydrogen-bond acceptors (Lipinski definition) is 5. The van der Waals surface area contributed by atoms with Crippen molar-refractivity contribution in [2.75, 3.05) is 26.7 Å². The summed E-state index contributed by atoms with van der Waals surface area (Å²) in [6.07, 6.45) is 6.27. The molecule has 0 aliphatic carbocycles. The molecule has 0 saturated carbocycles. The molecule has 0 unspecified atom stereocenters. The minimum Gasteiger partial charge on any atom is -0.461 e. The molecular weight excluding hydrogens is 416 g/mol. The molecular formula is C27H34N2O4. The van der Waals surface area contributed by atoms with Crippen LogP contribution in [0.1, 0.15) is 54.6 Å². The molecule has 2 atom stereocenters. The van der Waals surface area contributed by atoms with Crippen LogP contribution in [0.2, 0.25) is 0 Å². The fourth-order valence-corrected chi connectivity index (χ4v) is 5.96. The van der Waals surface area contributed by atoms with Gasteiger partial charge in [-0.05, 0) is 82.7 Å². The molecule has 5 rings (SSSR count). The average Bonchev–Trinajstić information content (AvgIpc) is 3.08. The molecule has 33 heavy (non-hydrogen) atoms. The fraction of sp³-hybridized carbons (Fsp3) is 0.556. The summed E-state index contributed by atoms with van der Waals surface area (Å²) in [6.45, 7) is 9.02. The maximum atomic E-state index is 13.2. The second-order valence-corrected chi connectivity index (χ2v) is 10.1. The third kappa shape index (κ3) is 3.99.